The van der Waals surface area contributed by atoms with Gasteiger partial charge in [-0.25, -0.2) is 4.99 Å². The molecule has 1 amide bonds. The molecule has 28 heavy (non-hydrogen) atoms. The summed E-state index contributed by atoms with van der Waals surface area (Å²) < 4.78 is 5.98. The molecule has 0 aliphatic carbocycles. The molecule has 2 atom stereocenters. The Kier molecular flexibility index (Phi) is 8.73. The van der Waals surface area contributed by atoms with Crippen LogP contribution in [0.2, 0.25) is 0 Å². The number of rotatable bonds is 5. The first-order valence-corrected chi connectivity index (χ1v) is 10.6. The van der Waals surface area contributed by atoms with E-state index in [0.29, 0.717) is 12.6 Å². The third-order valence-corrected chi connectivity index (χ3v) is 6.61. The number of nitrogens with one attached hydrogen (secondary N) is 2. The highest BCUT2D eigenvalue weighted by Crippen LogP contribution is 2.37. The quantitative estimate of drug-likeness (QED) is 0.357. The lowest BCUT2D eigenvalue weighted by atomic mass is 10.0. The SMILES string of the molecule is CN(C)C(=O)CN=C(NCC1(C)CCCS1)NC1CCOc2ccccc21.I. The maximum atomic E-state index is 12.0. The lowest BCUT2D eigenvalue weighted by molar-refractivity contribution is -0.127. The van der Waals surface area contributed by atoms with Crippen LogP contribution in [0.1, 0.15) is 37.8 Å². The van der Waals surface area contributed by atoms with Gasteiger partial charge in [0.1, 0.15) is 12.3 Å². The lowest BCUT2D eigenvalue weighted by Gasteiger charge is -2.30. The molecule has 1 aromatic rings. The van der Waals surface area contributed by atoms with Crippen molar-refractivity contribution in [3.05, 3.63) is 29.8 Å². The zero-order valence-corrected chi connectivity index (χ0v) is 20.0. The number of thioether (sulfide) groups is 1. The Labute approximate surface area is 189 Å². The van der Waals surface area contributed by atoms with Crippen LogP contribution in [-0.2, 0) is 4.79 Å². The van der Waals surface area contributed by atoms with Crippen LogP contribution in [0, 0.1) is 0 Å². The number of carbonyl (C=O) groups is 1. The van der Waals surface area contributed by atoms with Crippen molar-refractivity contribution >= 4 is 47.6 Å². The van der Waals surface area contributed by atoms with E-state index < -0.39 is 0 Å². The predicted octanol–water partition coefficient (Wildman–Crippen LogP) is 3.04. The summed E-state index contributed by atoms with van der Waals surface area (Å²) in [5, 5.41) is 7.01. The maximum absolute atomic E-state index is 12.0. The summed E-state index contributed by atoms with van der Waals surface area (Å²) in [6.07, 6.45) is 3.33. The number of ether oxygens (including phenoxy) is 1. The first-order chi connectivity index (χ1) is 13.0. The first kappa shape index (κ1) is 23.1. The monoisotopic (exact) mass is 518 g/mol. The second-order valence-corrected chi connectivity index (χ2v) is 9.26. The van der Waals surface area contributed by atoms with E-state index in [1.165, 1.54) is 18.6 Å². The summed E-state index contributed by atoms with van der Waals surface area (Å²) in [4.78, 5) is 18.1. The molecule has 2 aliphatic rings. The zero-order chi connectivity index (χ0) is 19.3. The van der Waals surface area contributed by atoms with Crippen molar-refractivity contribution in [3.63, 3.8) is 0 Å². The molecule has 0 bridgehead atoms. The third-order valence-electron chi connectivity index (χ3n) is 5.07. The Morgan fingerprint density at radius 1 is 1.39 bits per heavy atom. The van der Waals surface area contributed by atoms with Crippen molar-refractivity contribution in [2.45, 2.75) is 37.0 Å². The molecule has 1 fully saturated rings. The molecule has 6 nitrogen and oxygen atoms in total. The summed E-state index contributed by atoms with van der Waals surface area (Å²) >= 11 is 2.01. The largest absolute Gasteiger partial charge is 0.493 e. The number of likely N-dealkylation sites (N-methyl/N-ethyl adjacent to an activating group) is 1. The van der Waals surface area contributed by atoms with Crippen molar-refractivity contribution in [2.75, 3.05) is 39.5 Å². The number of fused-ring (bicyclic) bond motifs is 1. The van der Waals surface area contributed by atoms with Crippen LogP contribution in [0.4, 0.5) is 0 Å². The maximum Gasteiger partial charge on any atom is 0.243 e. The number of para-hydroxylation sites is 1. The van der Waals surface area contributed by atoms with Crippen LogP contribution in [0.5, 0.6) is 5.75 Å². The number of hydrogen-bond donors (Lipinski definition) is 2. The summed E-state index contributed by atoms with van der Waals surface area (Å²) in [7, 11) is 3.51. The second kappa shape index (κ2) is 10.6. The second-order valence-electron chi connectivity index (χ2n) is 7.58. The van der Waals surface area contributed by atoms with Crippen LogP contribution in [-0.4, -0.2) is 61.1 Å². The molecule has 2 unspecified atom stereocenters. The van der Waals surface area contributed by atoms with Gasteiger partial charge in [-0.05, 0) is 31.6 Å². The molecule has 8 heteroatoms. The fourth-order valence-electron chi connectivity index (χ4n) is 3.34. The van der Waals surface area contributed by atoms with Crippen LogP contribution in [0.3, 0.4) is 0 Å². The van der Waals surface area contributed by atoms with Gasteiger partial charge in [0.05, 0.1) is 12.6 Å². The zero-order valence-electron chi connectivity index (χ0n) is 16.9. The first-order valence-electron chi connectivity index (χ1n) is 9.57. The molecule has 0 aromatic heterocycles. The van der Waals surface area contributed by atoms with Crippen molar-refractivity contribution in [3.8, 4) is 5.75 Å². The highest BCUT2D eigenvalue weighted by Gasteiger charge is 2.30. The van der Waals surface area contributed by atoms with E-state index >= 15 is 0 Å². The van der Waals surface area contributed by atoms with Gasteiger partial charge in [0.2, 0.25) is 5.91 Å². The molecule has 0 saturated carbocycles. The van der Waals surface area contributed by atoms with Gasteiger partial charge < -0.3 is 20.3 Å². The molecule has 2 aliphatic heterocycles. The van der Waals surface area contributed by atoms with E-state index in [9.17, 15) is 4.79 Å². The summed E-state index contributed by atoms with van der Waals surface area (Å²) in [5.74, 6) is 2.82. The predicted molar refractivity (Wildman–Crippen MR) is 127 cm³/mol. The molecular formula is C20H31IN4O2S. The summed E-state index contributed by atoms with van der Waals surface area (Å²) in [6.45, 7) is 3.94. The van der Waals surface area contributed by atoms with E-state index in [4.69, 9.17) is 4.74 Å². The number of aliphatic imine (C=N–C) groups is 1. The molecule has 1 saturated heterocycles. The van der Waals surface area contributed by atoms with Crippen LogP contribution < -0.4 is 15.4 Å². The number of nitrogens with zero attached hydrogens (tertiary/aromatic N) is 2. The van der Waals surface area contributed by atoms with E-state index in [0.717, 1.165) is 24.3 Å². The van der Waals surface area contributed by atoms with E-state index in [2.05, 4.69) is 28.6 Å². The topological polar surface area (TPSA) is 66.0 Å². The Bertz CT molecular complexity index is 693. The smallest absolute Gasteiger partial charge is 0.243 e. The molecule has 2 heterocycles. The molecule has 1 aromatic carbocycles. The van der Waals surface area contributed by atoms with E-state index in [-0.39, 0.29) is 47.2 Å². The van der Waals surface area contributed by atoms with Gasteiger partial charge in [-0.2, -0.15) is 11.8 Å². The fraction of sp³-hybridized carbons (Fsp3) is 0.600. The standard InChI is InChI=1S/C20H30N4O2S.HI/c1-20(10-6-12-27-20)14-22-19(21-13-18(25)24(2)3)23-16-9-11-26-17-8-5-4-7-15(16)17;/h4-5,7-8,16H,6,9-14H2,1-3H3,(H2,21,22,23);1H. The summed E-state index contributed by atoms with van der Waals surface area (Å²) in [5.41, 5.74) is 1.14. The third kappa shape index (κ3) is 6.17. The minimum Gasteiger partial charge on any atom is -0.493 e. The van der Waals surface area contributed by atoms with Crippen molar-refractivity contribution in [1.82, 2.24) is 15.5 Å². The highest BCUT2D eigenvalue weighted by molar-refractivity contribution is 14.0. The van der Waals surface area contributed by atoms with E-state index in [1.807, 2.05) is 30.0 Å². The molecular weight excluding hydrogens is 487 g/mol. The number of amides is 1. The average Bonchev–Trinajstić information content (AvgIpc) is 3.10. The van der Waals surface area contributed by atoms with Crippen LogP contribution in [0.25, 0.3) is 0 Å². The number of halogens is 1. The molecule has 0 spiro atoms. The minimum atomic E-state index is -0.00932. The van der Waals surface area contributed by atoms with Crippen LogP contribution >= 0.6 is 35.7 Å². The summed E-state index contributed by atoms with van der Waals surface area (Å²) in [6, 6.07) is 8.22. The molecule has 3 rings (SSSR count). The molecule has 0 radical (unpaired) electrons. The lowest BCUT2D eigenvalue weighted by Crippen LogP contribution is -2.46. The van der Waals surface area contributed by atoms with Gasteiger partial charge in [0.15, 0.2) is 5.96 Å². The van der Waals surface area contributed by atoms with Crippen molar-refractivity contribution < 1.29 is 9.53 Å². The highest BCUT2D eigenvalue weighted by atomic mass is 127. The molecule has 2 N–H and O–H groups in total. The van der Waals surface area contributed by atoms with Crippen molar-refractivity contribution in [2.24, 2.45) is 4.99 Å². The Hall–Kier alpha value is -1.16. The fourth-order valence-corrected chi connectivity index (χ4v) is 4.59. The number of hydrogen-bond acceptors (Lipinski definition) is 4. The normalized spacial score (nSPS) is 23.8. The van der Waals surface area contributed by atoms with Gasteiger partial charge in [0.25, 0.3) is 0 Å². The minimum absolute atomic E-state index is 0. The number of carbonyl (C=O) groups excluding carboxylic acids is 1. The molecule has 156 valence electrons. The van der Waals surface area contributed by atoms with Gasteiger partial charge in [-0.3, -0.25) is 4.79 Å². The van der Waals surface area contributed by atoms with Crippen LogP contribution in [0.15, 0.2) is 29.3 Å². The number of guanidine groups is 1. The van der Waals surface area contributed by atoms with Gasteiger partial charge >= 0.3 is 0 Å². The Morgan fingerprint density at radius 3 is 2.89 bits per heavy atom. The Morgan fingerprint density at radius 2 is 2.18 bits per heavy atom. The number of benzene rings is 1. The Balaban J connectivity index is 0.00000280. The van der Waals surface area contributed by atoms with Gasteiger partial charge in [0, 0.05) is 37.4 Å². The van der Waals surface area contributed by atoms with E-state index in [1.54, 1.807) is 19.0 Å². The van der Waals surface area contributed by atoms with Gasteiger partial charge in [-0.15, -0.1) is 24.0 Å². The average molecular weight is 518 g/mol. The van der Waals surface area contributed by atoms with Gasteiger partial charge in [-0.1, -0.05) is 18.2 Å². The van der Waals surface area contributed by atoms with Crippen molar-refractivity contribution in [1.29, 1.82) is 0 Å².